The minimum atomic E-state index is 0.563. The molecule has 0 spiro atoms. The fourth-order valence-electron chi connectivity index (χ4n) is 5.16. The minimum absolute atomic E-state index is 0.563. The SMILES string of the molecule is CCC[C@H](C)C1CC[C@H]2[C@@H](OCC)CCC[C@]12C. The van der Waals surface area contributed by atoms with E-state index in [2.05, 4.69) is 27.7 Å². The van der Waals surface area contributed by atoms with Crippen molar-refractivity contribution in [2.75, 3.05) is 6.61 Å². The molecule has 2 fully saturated rings. The maximum atomic E-state index is 6.05. The van der Waals surface area contributed by atoms with E-state index in [0.29, 0.717) is 11.5 Å². The van der Waals surface area contributed by atoms with Gasteiger partial charge in [-0.3, -0.25) is 0 Å². The van der Waals surface area contributed by atoms with Crippen molar-refractivity contribution < 1.29 is 4.74 Å². The fourth-order valence-corrected chi connectivity index (χ4v) is 5.16. The van der Waals surface area contributed by atoms with Crippen molar-refractivity contribution in [3.63, 3.8) is 0 Å². The van der Waals surface area contributed by atoms with E-state index in [1.165, 1.54) is 44.9 Å². The monoisotopic (exact) mass is 252 g/mol. The number of rotatable bonds is 5. The molecule has 1 unspecified atom stereocenters. The standard InChI is InChI=1S/C17H32O/c1-5-8-13(3)14-10-11-15-16(18-6-2)9-7-12-17(14,15)4/h13-16H,5-12H2,1-4H3/t13-,14?,15-,16-,17+/m0/s1. The lowest BCUT2D eigenvalue weighted by molar-refractivity contribution is -0.0658. The molecule has 0 aromatic carbocycles. The summed E-state index contributed by atoms with van der Waals surface area (Å²) in [5.74, 6) is 2.70. The average Bonchev–Trinajstić information content (AvgIpc) is 2.68. The van der Waals surface area contributed by atoms with Gasteiger partial charge in [0.2, 0.25) is 0 Å². The van der Waals surface area contributed by atoms with Gasteiger partial charge in [0.1, 0.15) is 0 Å². The summed E-state index contributed by atoms with van der Waals surface area (Å²) in [5.41, 5.74) is 0.576. The van der Waals surface area contributed by atoms with Crippen LogP contribution in [0.25, 0.3) is 0 Å². The van der Waals surface area contributed by atoms with Crippen molar-refractivity contribution in [3.8, 4) is 0 Å². The molecule has 2 aliphatic carbocycles. The Bertz CT molecular complexity index is 252. The van der Waals surface area contributed by atoms with E-state index in [9.17, 15) is 0 Å². The first-order valence-corrected chi connectivity index (χ1v) is 8.25. The summed E-state index contributed by atoms with van der Waals surface area (Å²) in [6.07, 6.45) is 10.3. The second-order valence-corrected chi connectivity index (χ2v) is 6.95. The summed E-state index contributed by atoms with van der Waals surface area (Å²) in [7, 11) is 0. The third-order valence-corrected chi connectivity index (χ3v) is 5.95. The van der Waals surface area contributed by atoms with Crippen LogP contribution in [0.15, 0.2) is 0 Å². The van der Waals surface area contributed by atoms with Gasteiger partial charge in [0.05, 0.1) is 6.10 Å². The third-order valence-electron chi connectivity index (χ3n) is 5.95. The van der Waals surface area contributed by atoms with Gasteiger partial charge in [0.15, 0.2) is 0 Å². The second kappa shape index (κ2) is 5.94. The Morgan fingerprint density at radius 1 is 1.22 bits per heavy atom. The lowest BCUT2D eigenvalue weighted by atomic mass is 9.61. The molecule has 1 heteroatoms. The van der Waals surface area contributed by atoms with E-state index in [0.717, 1.165) is 24.4 Å². The molecule has 0 aliphatic heterocycles. The molecule has 0 N–H and O–H groups in total. The third kappa shape index (κ3) is 2.48. The largest absolute Gasteiger partial charge is 0.378 e. The van der Waals surface area contributed by atoms with Crippen molar-refractivity contribution in [2.45, 2.75) is 78.7 Å². The Labute approximate surface area is 114 Å². The van der Waals surface area contributed by atoms with Crippen LogP contribution in [0.5, 0.6) is 0 Å². The van der Waals surface area contributed by atoms with Crippen LogP contribution >= 0.6 is 0 Å². The Balaban J connectivity index is 2.09. The first-order valence-electron chi connectivity index (χ1n) is 8.25. The zero-order valence-electron chi connectivity index (χ0n) is 12.9. The van der Waals surface area contributed by atoms with Gasteiger partial charge in [-0.05, 0) is 55.8 Å². The van der Waals surface area contributed by atoms with Crippen LogP contribution < -0.4 is 0 Å². The average molecular weight is 252 g/mol. The molecule has 0 saturated heterocycles. The molecule has 106 valence electrons. The van der Waals surface area contributed by atoms with Crippen LogP contribution in [-0.4, -0.2) is 12.7 Å². The van der Waals surface area contributed by atoms with E-state index in [-0.39, 0.29) is 0 Å². The van der Waals surface area contributed by atoms with Crippen molar-refractivity contribution in [2.24, 2.45) is 23.2 Å². The normalized spacial score (nSPS) is 41.7. The summed E-state index contributed by atoms with van der Waals surface area (Å²) >= 11 is 0. The highest BCUT2D eigenvalue weighted by Crippen LogP contribution is 2.58. The molecule has 0 radical (unpaired) electrons. The first-order chi connectivity index (χ1) is 8.63. The molecule has 0 heterocycles. The molecule has 0 aromatic rings. The molecular weight excluding hydrogens is 220 g/mol. The predicted molar refractivity (Wildman–Crippen MR) is 77.7 cm³/mol. The maximum absolute atomic E-state index is 6.05. The molecule has 0 amide bonds. The predicted octanol–water partition coefficient (Wildman–Crippen LogP) is 5.04. The van der Waals surface area contributed by atoms with Gasteiger partial charge in [0.25, 0.3) is 0 Å². The molecule has 0 bridgehead atoms. The molecular formula is C17H32O. The number of hydrogen-bond donors (Lipinski definition) is 0. The molecule has 2 saturated carbocycles. The summed E-state index contributed by atoms with van der Waals surface area (Å²) in [6.45, 7) is 10.4. The second-order valence-electron chi connectivity index (χ2n) is 6.95. The van der Waals surface area contributed by atoms with Gasteiger partial charge in [-0.1, -0.05) is 40.0 Å². The van der Waals surface area contributed by atoms with Crippen molar-refractivity contribution >= 4 is 0 Å². The molecule has 2 rings (SSSR count). The lowest BCUT2D eigenvalue weighted by Crippen LogP contribution is -2.42. The summed E-state index contributed by atoms with van der Waals surface area (Å²) in [5, 5.41) is 0. The Hall–Kier alpha value is -0.0400. The van der Waals surface area contributed by atoms with Crippen LogP contribution in [-0.2, 0) is 4.74 Å². The lowest BCUT2D eigenvalue weighted by Gasteiger charge is -2.46. The van der Waals surface area contributed by atoms with Gasteiger partial charge in [-0.25, -0.2) is 0 Å². The topological polar surface area (TPSA) is 9.23 Å². The highest BCUT2D eigenvalue weighted by molar-refractivity contribution is 5.02. The number of hydrogen-bond acceptors (Lipinski definition) is 1. The summed E-state index contributed by atoms with van der Waals surface area (Å²) in [6, 6.07) is 0. The Morgan fingerprint density at radius 2 is 2.00 bits per heavy atom. The van der Waals surface area contributed by atoms with Gasteiger partial charge < -0.3 is 4.74 Å². The van der Waals surface area contributed by atoms with Crippen LogP contribution in [0.4, 0.5) is 0 Å². The van der Waals surface area contributed by atoms with Gasteiger partial charge in [0, 0.05) is 6.61 Å². The van der Waals surface area contributed by atoms with Crippen LogP contribution in [0.2, 0.25) is 0 Å². The van der Waals surface area contributed by atoms with Gasteiger partial charge in [-0.15, -0.1) is 0 Å². The van der Waals surface area contributed by atoms with Crippen molar-refractivity contribution in [1.29, 1.82) is 0 Å². The van der Waals surface area contributed by atoms with Crippen molar-refractivity contribution in [1.82, 2.24) is 0 Å². The van der Waals surface area contributed by atoms with E-state index in [1.807, 2.05) is 0 Å². The van der Waals surface area contributed by atoms with E-state index >= 15 is 0 Å². The number of ether oxygens (including phenoxy) is 1. The van der Waals surface area contributed by atoms with Crippen LogP contribution in [0, 0.1) is 23.2 Å². The van der Waals surface area contributed by atoms with E-state index in [4.69, 9.17) is 4.74 Å². The van der Waals surface area contributed by atoms with Gasteiger partial charge >= 0.3 is 0 Å². The quantitative estimate of drug-likeness (QED) is 0.665. The molecule has 2 aliphatic rings. The van der Waals surface area contributed by atoms with Crippen molar-refractivity contribution in [3.05, 3.63) is 0 Å². The smallest absolute Gasteiger partial charge is 0.0608 e. The highest BCUT2D eigenvalue weighted by atomic mass is 16.5. The molecule has 0 aromatic heterocycles. The molecule has 5 atom stereocenters. The fraction of sp³-hybridized carbons (Fsp3) is 1.00. The zero-order chi connectivity index (χ0) is 13.2. The first kappa shape index (κ1) is 14.4. The Kier molecular flexibility index (Phi) is 4.75. The van der Waals surface area contributed by atoms with Gasteiger partial charge in [-0.2, -0.15) is 0 Å². The van der Waals surface area contributed by atoms with E-state index in [1.54, 1.807) is 0 Å². The maximum Gasteiger partial charge on any atom is 0.0608 e. The molecule has 1 nitrogen and oxygen atoms in total. The zero-order valence-corrected chi connectivity index (χ0v) is 12.9. The van der Waals surface area contributed by atoms with Crippen LogP contribution in [0.3, 0.4) is 0 Å². The summed E-state index contributed by atoms with van der Waals surface area (Å²) in [4.78, 5) is 0. The number of fused-ring (bicyclic) bond motifs is 1. The minimum Gasteiger partial charge on any atom is -0.378 e. The summed E-state index contributed by atoms with van der Waals surface area (Å²) < 4.78 is 6.05. The van der Waals surface area contributed by atoms with E-state index < -0.39 is 0 Å². The van der Waals surface area contributed by atoms with Crippen LogP contribution in [0.1, 0.15) is 72.6 Å². The Morgan fingerprint density at radius 3 is 2.67 bits per heavy atom. The highest BCUT2D eigenvalue weighted by Gasteiger charge is 2.52. The molecule has 18 heavy (non-hydrogen) atoms.